The van der Waals surface area contributed by atoms with Crippen LogP contribution in [0.15, 0.2) is 36.5 Å². The molecule has 110 valence electrons. The molecule has 1 amide bonds. The second-order valence-corrected chi connectivity index (χ2v) is 5.37. The SMILES string of the molecule is CC(C)CC(NC(=O)c1ccnc2ccccc12)C(=O)O. The number of nitrogens with one attached hydrogen (secondary N) is 1. The minimum atomic E-state index is -1.02. The molecule has 0 saturated carbocycles. The van der Waals surface area contributed by atoms with Gasteiger partial charge in [0.15, 0.2) is 0 Å². The normalized spacial score (nSPS) is 12.3. The maximum atomic E-state index is 12.4. The van der Waals surface area contributed by atoms with Gasteiger partial charge >= 0.3 is 5.97 Å². The number of pyridine rings is 1. The van der Waals surface area contributed by atoms with E-state index in [0.29, 0.717) is 22.9 Å². The number of hydrogen-bond acceptors (Lipinski definition) is 3. The van der Waals surface area contributed by atoms with Crippen molar-refractivity contribution >= 4 is 22.8 Å². The van der Waals surface area contributed by atoms with Gasteiger partial charge in [-0.15, -0.1) is 0 Å². The van der Waals surface area contributed by atoms with E-state index in [-0.39, 0.29) is 11.8 Å². The van der Waals surface area contributed by atoms with Gasteiger partial charge in [-0.1, -0.05) is 32.0 Å². The molecule has 0 bridgehead atoms. The van der Waals surface area contributed by atoms with E-state index in [4.69, 9.17) is 0 Å². The van der Waals surface area contributed by atoms with Crippen LogP contribution < -0.4 is 5.32 Å². The number of nitrogens with zero attached hydrogens (tertiary/aromatic N) is 1. The van der Waals surface area contributed by atoms with Crippen molar-refractivity contribution in [3.63, 3.8) is 0 Å². The Morgan fingerprint density at radius 2 is 1.95 bits per heavy atom. The highest BCUT2D eigenvalue weighted by Gasteiger charge is 2.22. The van der Waals surface area contributed by atoms with Crippen molar-refractivity contribution in [1.82, 2.24) is 10.3 Å². The van der Waals surface area contributed by atoms with Crippen LogP contribution in [0.5, 0.6) is 0 Å². The first-order valence-corrected chi connectivity index (χ1v) is 6.86. The van der Waals surface area contributed by atoms with Crippen molar-refractivity contribution in [2.24, 2.45) is 5.92 Å². The van der Waals surface area contributed by atoms with Crippen molar-refractivity contribution < 1.29 is 14.7 Å². The molecular weight excluding hydrogens is 268 g/mol. The van der Waals surface area contributed by atoms with E-state index in [2.05, 4.69) is 10.3 Å². The number of fused-ring (bicyclic) bond motifs is 1. The van der Waals surface area contributed by atoms with E-state index in [1.165, 1.54) is 0 Å². The second-order valence-electron chi connectivity index (χ2n) is 5.37. The fourth-order valence-electron chi connectivity index (χ4n) is 2.22. The van der Waals surface area contributed by atoms with E-state index >= 15 is 0 Å². The summed E-state index contributed by atoms with van der Waals surface area (Å²) in [5.74, 6) is -1.22. The molecule has 1 atom stereocenters. The van der Waals surface area contributed by atoms with Crippen LogP contribution in [0.1, 0.15) is 30.6 Å². The van der Waals surface area contributed by atoms with Crippen LogP contribution in [0.4, 0.5) is 0 Å². The van der Waals surface area contributed by atoms with Crippen molar-refractivity contribution in [3.05, 3.63) is 42.1 Å². The van der Waals surface area contributed by atoms with Crippen LogP contribution >= 0.6 is 0 Å². The molecule has 2 rings (SSSR count). The quantitative estimate of drug-likeness (QED) is 0.885. The molecule has 2 aromatic rings. The van der Waals surface area contributed by atoms with Gasteiger partial charge < -0.3 is 10.4 Å². The molecule has 0 radical (unpaired) electrons. The van der Waals surface area contributed by atoms with E-state index in [1.807, 2.05) is 32.0 Å². The molecule has 0 aliphatic rings. The summed E-state index contributed by atoms with van der Waals surface area (Å²) in [6, 6.07) is 8.00. The average Bonchev–Trinajstić information content (AvgIpc) is 2.45. The average molecular weight is 286 g/mol. The lowest BCUT2D eigenvalue weighted by Gasteiger charge is -2.17. The van der Waals surface area contributed by atoms with Crippen LogP contribution in [-0.4, -0.2) is 28.0 Å². The zero-order valence-corrected chi connectivity index (χ0v) is 12.0. The van der Waals surface area contributed by atoms with E-state index < -0.39 is 12.0 Å². The van der Waals surface area contributed by atoms with E-state index in [9.17, 15) is 14.7 Å². The lowest BCUT2D eigenvalue weighted by atomic mass is 10.0. The highest BCUT2D eigenvalue weighted by atomic mass is 16.4. The molecule has 21 heavy (non-hydrogen) atoms. The Hall–Kier alpha value is -2.43. The molecule has 0 aliphatic carbocycles. The third-order valence-electron chi connectivity index (χ3n) is 3.20. The molecule has 5 heteroatoms. The fourth-order valence-corrected chi connectivity index (χ4v) is 2.22. The maximum Gasteiger partial charge on any atom is 0.326 e. The summed E-state index contributed by atoms with van der Waals surface area (Å²) >= 11 is 0. The summed E-state index contributed by atoms with van der Waals surface area (Å²) in [5.41, 5.74) is 1.15. The van der Waals surface area contributed by atoms with Crippen molar-refractivity contribution in [3.8, 4) is 0 Å². The van der Waals surface area contributed by atoms with E-state index in [0.717, 1.165) is 0 Å². The third kappa shape index (κ3) is 3.56. The molecule has 1 heterocycles. The summed E-state index contributed by atoms with van der Waals surface area (Å²) in [4.78, 5) is 27.8. The number of amides is 1. The first kappa shape index (κ1) is 15.0. The van der Waals surface area contributed by atoms with E-state index in [1.54, 1.807) is 18.3 Å². The number of carboxylic acids is 1. The van der Waals surface area contributed by atoms with Gasteiger partial charge in [0.05, 0.1) is 11.1 Å². The number of hydrogen-bond donors (Lipinski definition) is 2. The lowest BCUT2D eigenvalue weighted by molar-refractivity contribution is -0.139. The number of aliphatic carboxylic acids is 1. The minimum absolute atomic E-state index is 0.181. The summed E-state index contributed by atoms with van der Waals surface area (Å²) in [6.45, 7) is 3.84. The zero-order valence-electron chi connectivity index (χ0n) is 12.0. The van der Waals surface area contributed by atoms with Gasteiger partial charge in [0, 0.05) is 11.6 Å². The molecule has 1 aromatic carbocycles. The lowest BCUT2D eigenvalue weighted by Crippen LogP contribution is -2.41. The Balaban J connectivity index is 2.27. The molecule has 0 aliphatic heterocycles. The fraction of sp³-hybridized carbons (Fsp3) is 0.312. The number of carbonyl (C=O) groups is 2. The van der Waals surface area contributed by atoms with Crippen molar-refractivity contribution in [1.29, 1.82) is 0 Å². The third-order valence-corrected chi connectivity index (χ3v) is 3.20. The van der Waals surface area contributed by atoms with Crippen LogP contribution in [0.3, 0.4) is 0 Å². The topological polar surface area (TPSA) is 79.3 Å². The first-order valence-electron chi connectivity index (χ1n) is 6.86. The number of carboxylic acid groups (broad SMARTS) is 1. The van der Waals surface area contributed by atoms with Crippen molar-refractivity contribution in [2.75, 3.05) is 0 Å². The minimum Gasteiger partial charge on any atom is -0.480 e. The van der Waals surface area contributed by atoms with Gasteiger partial charge in [-0.3, -0.25) is 9.78 Å². The number of aromatic nitrogens is 1. The Morgan fingerprint density at radius 3 is 2.62 bits per heavy atom. The molecule has 2 N–H and O–H groups in total. The first-order chi connectivity index (χ1) is 9.99. The Labute approximate surface area is 123 Å². The van der Waals surface area contributed by atoms with Crippen LogP contribution in [0, 0.1) is 5.92 Å². The zero-order chi connectivity index (χ0) is 15.4. The smallest absolute Gasteiger partial charge is 0.326 e. The summed E-state index contributed by atoms with van der Waals surface area (Å²) in [5, 5.41) is 12.5. The van der Waals surface area contributed by atoms with Gasteiger partial charge in [-0.05, 0) is 24.5 Å². The maximum absolute atomic E-state index is 12.4. The number of carbonyl (C=O) groups excluding carboxylic acids is 1. The molecule has 0 fully saturated rings. The Morgan fingerprint density at radius 1 is 1.24 bits per heavy atom. The number of rotatable bonds is 5. The predicted molar refractivity (Wildman–Crippen MR) is 80.1 cm³/mol. The number of para-hydroxylation sites is 1. The van der Waals surface area contributed by atoms with Gasteiger partial charge in [0.1, 0.15) is 6.04 Å². The largest absolute Gasteiger partial charge is 0.480 e. The highest BCUT2D eigenvalue weighted by molar-refractivity contribution is 6.06. The molecule has 1 aromatic heterocycles. The van der Waals surface area contributed by atoms with Gasteiger partial charge in [0.25, 0.3) is 5.91 Å². The Kier molecular flexibility index (Phi) is 4.52. The van der Waals surface area contributed by atoms with Crippen LogP contribution in [-0.2, 0) is 4.79 Å². The van der Waals surface area contributed by atoms with Gasteiger partial charge in [-0.25, -0.2) is 4.79 Å². The second kappa shape index (κ2) is 6.35. The predicted octanol–water partition coefficient (Wildman–Crippen LogP) is 2.46. The van der Waals surface area contributed by atoms with Crippen LogP contribution in [0.2, 0.25) is 0 Å². The standard InChI is InChI=1S/C16H18N2O3/c1-10(2)9-14(16(20)21)18-15(19)12-7-8-17-13-6-4-3-5-11(12)13/h3-8,10,14H,9H2,1-2H3,(H,18,19)(H,20,21). The summed E-state index contributed by atoms with van der Waals surface area (Å²) in [6.07, 6.45) is 1.94. The van der Waals surface area contributed by atoms with Gasteiger partial charge in [0.2, 0.25) is 0 Å². The molecule has 0 spiro atoms. The Bertz CT molecular complexity index is 662. The van der Waals surface area contributed by atoms with Crippen LogP contribution in [0.25, 0.3) is 10.9 Å². The highest BCUT2D eigenvalue weighted by Crippen LogP contribution is 2.16. The summed E-state index contributed by atoms with van der Waals surface area (Å²) in [7, 11) is 0. The van der Waals surface area contributed by atoms with Crippen molar-refractivity contribution in [2.45, 2.75) is 26.3 Å². The van der Waals surface area contributed by atoms with Gasteiger partial charge in [-0.2, -0.15) is 0 Å². The number of benzene rings is 1. The summed E-state index contributed by atoms with van der Waals surface area (Å²) < 4.78 is 0. The monoisotopic (exact) mass is 286 g/mol. The molecule has 1 unspecified atom stereocenters. The molecule has 0 saturated heterocycles. The molecular formula is C16H18N2O3. The molecule has 5 nitrogen and oxygen atoms in total.